The van der Waals surface area contributed by atoms with Crippen molar-refractivity contribution >= 4 is 22.1 Å². The molecule has 1 heterocycles. The third kappa shape index (κ3) is 2.40. The Morgan fingerprint density at radius 1 is 0.818 bits per heavy atom. The van der Waals surface area contributed by atoms with Gasteiger partial charge in [-0.1, -0.05) is 54.6 Å². The first-order chi connectivity index (χ1) is 10.9. The minimum atomic E-state index is 1.01. The third-order valence-electron chi connectivity index (χ3n) is 4.23. The molecule has 0 bridgehead atoms. The van der Waals surface area contributed by atoms with E-state index >= 15 is 0 Å². The molecule has 3 heteroatoms. The highest BCUT2D eigenvalue weighted by Crippen LogP contribution is 2.26. The van der Waals surface area contributed by atoms with Crippen LogP contribution in [0.15, 0.2) is 66.7 Å². The quantitative estimate of drug-likeness (QED) is 0.710. The van der Waals surface area contributed by atoms with Crippen LogP contribution in [0.1, 0.15) is 12.0 Å². The topological polar surface area (TPSA) is 27.3 Å². The van der Waals surface area contributed by atoms with Crippen molar-refractivity contribution in [2.75, 3.05) is 17.0 Å². The average molecular weight is 289 g/mol. The number of hydrazine groups is 2. The lowest BCUT2D eigenvalue weighted by molar-refractivity contribution is 0.629. The van der Waals surface area contributed by atoms with E-state index in [1.54, 1.807) is 0 Å². The fourth-order valence-corrected chi connectivity index (χ4v) is 3.11. The number of aryl methyl sites for hydroxylation is 1. The predicted octanol–water partition coefficient (Wildman–Crippen LogP) is 4.12. The van der Waals surface area contributed by atoms with Crippen LogP contribution in [-0.4, -0.2) is 6.54 Å². The highest BCUT2D eigenvalue weighted by atomic mass is 15.7. The Balaban J connectivity index is 1.58. The molecular weight excluding hydrogens is 270 g/mol. The maximum Gasteiger partial charge on any atom is 0.0583 e. The van der Waals surface area contributed by atoms with Gasteiger partial charge in [-0.15, -0.1) is 5.53 Å². The van der Waals surface area contributed by atoms with Crippen LogP contribution in [0.25, 0.3) is 10.8 Å². The van der Waals surface area contributed by atoms with Crippen LogP contribution in [0, 0.1) is 0 Å². The van der Waals surface area contributed by atoms with Crippen molar-refractivity contribution in [1.82, 2.24) is 5.53 Å². The number of nitrogens with zero attached hydrogens (tertiary/aromatic N) is 1. The molecule has 2 N–H and O–H groups in total. The van der Waals surface area contributed by atoms with Crippen molar-refractivity contribution in [3.05, 3.63) is 72.3 Å². The lowest BCUT2D eigenvalue weighted by atomic mass is 10.0. The normalized spacial score (nSPS) is 13.9. The van der Waals surface area contributed by atoms with E-state index in [-0.39, 0.29) is 0 Å². The Bertz CT molecular complexity index is 792. The summed E-state index contributed by atoms with van der Waals surface area (Å²) in [6.07, 6.45) is 2.32. The number of para-hydroxylation sites is 1. The Morgan fingerprint density at radius 2 is 1.64 bits per heavy atom. The smallest absolute Gasteiger partial charge is 0.0583 e. The first-order valence-corrected chi connectivity index (χ1v) is 7.77. The standard InChI is InChI=1S/C19H19N3/c1-3-11-17-15(7-1)9-5-12-18(17)20-21-22-14-6-10-16-8-2-4-13-19(16)22/h1-5,7-9,11-13,20-21H,6,10,14H2. The van der Waals surface area contributed by atoms with E-state index in [2.05, 4.69) is 82.7 Å². The minimum absolute atomic E-state index is 1.01. The Hall–Kier alpha value is -2.52. The van der Waals surface area contributed by atoms with Crippen molar-refractivity contribution in [3.8, 4) is 0 Å². The summed E-state index contributed by atoms with van der Waals surface area (Å²) < 4.78 is 0. The van der Waals surface area contributed by atoms with Crippen LogP contribution < -0.4 is 16.0 Å². The van der Waals surface area contributed by atoms with E-state index in [4.69, 9.17) is 0 Å². The Labute approximate surface area is 130 Å². The number of anilines is 2. The Kier molecular flexibility index (Phi) is 3.41. The molecule has 22 heavy (non-hydrogen) atoms. The van der Waals surface area contributed by atoms with Crippen molar-refractivity contribution in [2.24, 2.45) is 0 Å². The second-order valence-electron chi connectivity index (χ2n) is 5.65. The number of fused-ring (bicyclic) bond motifs is 2. The van der Waals surface area contributed by atoms with Crippen LogP contribution in [0.5, 0.6) is 0 Å². The van der Waals surface area contributed by atoms with E-state index in [9.17, 15) is 0 Å². The summed E-state index contributed by atoms with van der Waals surface area (Å²) >= 11 is 0. The molecule has 0 spiro atoms. The molecule has 0 unspecified atom stereocenters. The van der Waals surface area contributed by atoms with Gasteiger partial charge in [-0.25, -0.2) is 0 Å². The van der Waals surface area contributed by atoms with E-state index in [1.165, 1.54) is 28.4 Å². The number of benzene rings is 3. The van der Waals surface area contributed by atoms with Crippen LogP contribution >= 0.6 is 0 Å². The summed E-state index contributed by atoms with van der Waals surface area (Å²) in [4.78, 5) is 0. The maximum atomic E-state index is 3.37. The molecule has 0 aromatic heterocycles. The molecule has 0 atom stereocenters. The van der Waals surface area contributed by atoms with E-state index in [1.807, 2.05) is 0 Å². The van der Waals surface area contributed by atoms with Gasteiger partial charge in [0.1, 0.15) is 0 Å². The SMILES string of the molecule is c1ccc2c(c1)CCCN2NNc1cccc2ccccc12. The van der Waals surface area contributed by atoms with Crippen LogP contribution in [-0.2, 0) is 6.42 Å². The van der Waals surface area contributed by atoms with Gasteiger partial charge in [0, 0.05) is 11.9 Å². The second kappa shape index (κ2) is 5.70. The highest BCUT2D eigenvalue weighted by molar-refractivity contribution is 5.93. The largest absolute Gasteiger partial charge is 0.303 e. The fraction of sp³-hybridized carbons (Fsp3) is 0.158. The molecule has 1 aliphatic rings. The average Bonchev–Trinajstić information content (AvgIpc) is 2.60. The van der Waals surface area contributed by atoms with Gasteiger partial charge in [0.2, 0.25) is 0 Å². The number of hydrogen-bond donors (Lipinski definition) is 2. The van der Waals surface area contributed by atoms with Gasteiger partial charge in [-0.3, -0.25) is 5.01 Å². The summed E-state index contributed by atoms with van der Waals surface area (Å²) in [6.45, 7) is 1.01. The number of rotatable bonds is 3. The fourth-order valence-electron chi connectivity index (χ4n) is 3.11. The summed E-state index contributed by atoms with van der Waals surface area (Å²) in [5, 5.41) is 4.66. The summed E-state index contributed by atoms with van der Waals surface area (Å²) in [5.41, 5.74) is 10.5. The zero-order valence-electron chi connectivity index (χ0n) is 12.4. The maximum absolute atomic E-state index is 3.37. The zero-order valence-corrected chi connectivity index (χ0v) is 12.4. The molecule has 0 saturated heterocycles. The predicted molar refractivity (Wildman–Crippen MR) is 92.8 cm³/mol. The Morgan fingerprint density at radius 3 is 2.64 bits per heavy atom. The number of nitrogens with one attached hydrogen (secondary N) is 2. The molecule has 3 aromatic rings. The van der Waals surface area contributed by atoms with Gasteiger partial charge in [-0.05, 0) is 35.9 Å². The molecular formula is C19H19N3. The van der Waals surface area contributed by atoms with Gasteiger partial charge in [0.25, 0.3) is 0 Å². The number of hydrogen-bond acceptors (Lipinski definition) is 3. The van der Waals surface area contributed by atoms with E-state index < -0.39 is 0 Å². The summed E-state index contributed by atoms with van der Waals surface area (Å²) in [5.74, 6) is 0. The highest BCUT2D eigenvalue weighted by Gasteiger charge is 2.15. The summed E-state index contributed by atoms with van der Waals surface area (Å²) in [7, 11) is 0. The minimum Gasteiger partial charge on any atom is -0.303 e. The van der Waals surface area contributed by atoms with Crippen LogP contribution in [0.3, 0.4) is 0 Å². The lowest BCUT2D eigenvalue weighted by Crippen LogP contribution is -2.44. The third-order valence-corrected chi connectivity index (χ3v) is 4.23. The second-order valence-corrected chi connectivity index (χ2v) is 5.65. The van der Waals surface area contributed by atoms with Crippen molar-refractivity contribution in [2.45, 2.75) is 12.8 Å². The molecule has 3 aromatic carbocycles. The first kappa shape index (κ1) is 13.2. The molecule has 110 valence electrons. The molecule has 0 aliphatic carbocycles. The van der Waals surface area contributed by atoms with Crippen molar-refractivity contribution < 1.29 is 0 Å². The lowest BCUT2D eigenvalue weighted by Gasteiger charge is -2.32. The van der Waals surface area contributed by atoms with Gasteiger partial charge in [0.15, 0.2) is 0 Å². The van der Waals surface area contributed by atoms with Crippen LogP contribution in [0.4, 0.5) is 11.4 Å². The first-order valence-electron chi connectivity index (χ1n) is 7.77. The monoisotopic (exact) mass is 289 g/mol. The van der Waals surface area contributed by atoms with Gasteiger partial charge in [-0.2, -0.15) is 0 Å². The zero-order chi connectivity index (χ0) is 14.8. The molecule has 0 radical (unpaired) electrons. The molecule has 3 nitrogen and oxygen atoms in total. The molecule has 0 saturated carbocycles. The summed E-state index contributed by atoms with van der Waals surface area (Å²) in [6, 6.07) is 23.3. The van der Waals surface area contributed by atoms with Gasteiger partial charge >= 0.3 is 0 Å². The van der Waals surface area contributed by atoms with E-state index in [0.29, 0.717) is 0 Å². The molecule has 4 rings (SSSR count). The van der Waals surface area contributed by atoms with Crippen molar-refractivity contribution in [1.29, 1.82) is 0 Å². The van der Waals surface area contributed by atoms with Gasteiger partial charge in [0.05, 0.1) is 11.4 Å². The molecule has 0 amide bonds. The van der Waals surface area contributed by atoms with Crippen molar-refractivity contribution in [3.63, 3.8) is 0 Å². The van der Waals surface area contributed by atoms with E-state index in [0.717, 1.165) is 18.7 Å². The van der Waals surface area contributed by atoms with Gasteiger partial charge < -0.3 is 5.43 Å². The molecule has 0 fully saturated rings. The van der Waals surface area contributed by atoms with Crippen LogP contribution in [0.2, 0.25) is 0 Å². The molecule has 1 aliphatic heterocycles.